The van der Waals surface area contributed by atoms with E-state index in [2.05, 4.69) is 26.1 Å². The molecular weight excluding hydrogens is 451 g/mol. The summed E-state index contributed by atoms with van der Waals surface area (Å²) < 4.78 is 0.648. The average molecular weight is 462 g/mol. The van der Waals surface area contributed by atoms with Crippen LogP contribution in [0.25, 0.3) is 0 Å². The number of hydrogen-bond acceptors (Lipinski definition) is 5. The summed E-state index contributed by atoms with van der Waals surface area (Å²) in [6.45, 7) is 0.407. The normalized spacial score (nSPS) is 18.5. The van der Waals surface area contributed by atoms with E-state index in [4.69, 9.17) is 23.2 Å². The number of imide groups is 1. The third-order valence-electron chi connectivity index (χ3n) is 4.42. The van der Waals surface area contributed by atoms with Crippen LogP contribution in [0.3, 0.4) is 0 Å². The van der Waals surface area contributed by atoms with E-state index in [9.17, 15) is 9.59 Å². The maximum absolute atomic E-state index is 12.9. The van der Waals surface area contributed by atoms with Crippen LogP contribution in [0, 0.1) is 0 Å². The van der Waals surface area contributed by atoms with E-state index in [1.165, 1.54) is 16.2 Å². The van der Waals surface area contributed by atoms with Crippen LogP contribution in [0.4, 0.5) is 4.79 Å². The van der Waals surface area contributed by atoms with Crippen LogP contribution in [0.5, 0.6) is 0 Å². The number of rotatable bonds is 4. The highest BCUT2D eigenvalue weighted by Gasteiger charge is 2.64. The fourth-order valence-electron chi connectivity index (χ4n) is 3.00. The average Bonchev–Trinajstić information content (AvgIpc) is 3.23. The molecule has 4 rings (SSSR count). The third-order valence-corrected chi connectivity index (χ3v) is 6.35. The minimum absolute atomic E-state index is 0.131. The summed E-state index contributed by atoms with van der Waals surface area (Å²) in [5.74, 6) is -0.174. The van der Waals surface area contributed by atoms with Crippen LogP contribution in [0.15, 0.2) is 22.1 Å². The topological polar surface area (TPSA) is 66.4 Å². The number of hydrogen-bond donors (Lipinski definition) is 0. The molecule has 6 nitrogen and oxygen atoms in total. The van der Waals surface area contributed by atoms with Gasteiger partial charge in [0.05, 0.1) is 13.1 Å². The van der Waals surface area contributed by atoms with Gasteiger partial charge in [-0.15, -0.1) is 10.2 Å². The molecule has 1 aromatic carbocycles. The van der Waals surface area contributed by atoms with E-state index in [-0.39, 0.29) is 25.0 Å². The van der Waals surface area contributed by atoms with Crippen molar-refractivity contribution in [1.82, 2.24) is 20.0 Å². The Kier molecular flexibility index (Phi) is 4.26. The molecular formula is C15H11BrCl2N4O2S. The number of halogens is 3. The van der Waals surface area contributed by atoms with E-state index in [1.54, 1.807) is 23.1 Å². The molecule has 2 heterocycles. The highest BCUT2D eigenvalue weighted by atomic mass is 79.9. The minimum Gasteiger partial charge on any atom is -0.303 e. The van der Waals surface area contributed by atoms with Gasteiger partial charge in [0.2, 0.25) is 0 Å². The largest absolute Gasteiger partial charge is 0.328 e. The summed E-state index contributed by atoms with van der Waals surface area (Å²) in [7, 11) is 0. The molecule has 0 radical (unpaired) electrons. The monoisotopic (exact) mass is 460 g/mol. The molecule has 0 bridgehead atoms. The number of amides is 3. The SMILES string of the molecule is O=C1N(Cc2ccc(Cl)cc2Cl)C(=O)C2(CC2)N1Cc1nnc(Br)s1. The van der Waals surface area contributed by atoms with Crippen molar-refractivity contribution in [2.75, 3.05) is 0 Å². The Hall–Kier alpha value is -1.22. The minimum atomic E-state index is -0.728. The lowest BCUT2D eigenvalue weighted by atomic mass is 10.2. The first-order valence-corrected chi connectivity index (χ1v) is 9.83. The van der Waals surface area contributed by atoms with Gasteiger partial charge in [-0.1, -0.05) is 40.6 Å². The molecule has 2 aliphatic rings. The van der Waals surface area contributed by atoms with E-state index in [1.807, 2.05) is 0 Å². The molecule has 0 N–H and O–H groups in total. The van der Waals surface area contributed by atoms with Crippen LogP contribution in [0.2, 0.25) is 10.0 Å². The van der Waals surface area contributed by atoms with Crippen LogP contribution < -0.4 is 0 Å². The Labute approximate surface area is 165 Å². The van der Waals surface area contributed by atoms with Crippen molar-refractivity contribution >= 4 is 62.4 Å². The van der Waals surface area contributed by atoms with Gasteiger partial charge >= 0.3 is 6.03 Å². The number of nitrogens with zero attached hydrogens (tertiary/aromatic N) is 4. The first-order valence-electron chi connectivity index (χ1n) is 7.46. The molecule has 1 aromatic heterocycles. The highest BCUT2D eigenvalue weighted by Crippen LogP contribution is 2.49. The van der Waals surface area contributed by atoms with Gasteiger partial charge in [0.25, 0.3) is 5.91 Å². The lowest BCUT2D eigenvalue weighted by molar-refractivity contribution is -0.129. The lowest BCUT2D eigenvalue weighted by Crippen LogP contribution is -2.36. The zero-order valence-electron chi connectivity index (χ0n) is 12.7. The van der Waals surface area contributed by atoms with Crippen molar-refractivity contribution in [2.24, 2.45) is 0 Å². The van der Waals surface area contributed by atoms with Gasteiger partial charge in [-0.3, -0.25) is 9.69 Å². The van der Waals surface area contributed by atoms with E-state index in [0.29, 0.717) is 37.4 Å². The smallest absolute Gasteiger partial charge is 0.303 e. The van der Waals surface area contributed by atoms with Gasteiger partial charge in [0.15, 0.2) is 3.92 Å². The number of benzene rings is 1. The molecule has 25 heavy (non-hydrogen) atoms. The van der Waals surface area contributed by atoms with Crippen molar-refractivity contribution in [3.63, 3.8) is 0 Å². The van der Waals surface area contributed by atoms with E-state index < -0.39 is 5.54 Å². The summed E-state index contributed by atoms with van der Waals surface area (Å²) in [5.41, 5.74) is -0.0437. The van der Waals surface area contributed by atoms with E-state index in [0.717, 1.165) is 0 Å². The molecule has 1 aliphatic heterocycles. The van der Waals surface area contributed by atoms with E-state index >= 15 is 0 Å². The Morgan fingerprint density at radius 3 is 2.56 bits per heavy atom. The zero-order chi connectivity index (χ0) is 17.8. The fourth-order valence-corrected chi connectivity index (χ4v) is 4.65. The van der Waals surface area contributed by atoms with Crippen LogP contribution in [-0.4, -0.2) is 37.5 Å². The summed E-state index contributed by atoms with van der Waals surface area (Å²) >= 11 is 16.7. The van der Waals surface area contributed by atoms with Gasteiger partial charge in [-0.2, -0.15) is 0 Å². The zero-order valence-corrected chi connectivity index (χ0v) is 16.6. The number of urea groups is 1. The molecule has 2 fully saturated rings. The molecule has 0 unspecified atom stereocenters. The van der Waals surface area contributed by atoms with Gasteiger partial charge in [-0.05, 0) is 46.5 Å². The van der Waals surface area contributed by atoms with Crippen molar-refractivity contribution < 1.29 is 9.59 Å². The quantitative estimate of drug-likeness (QED) is 0.642. The Balaban J connectivity index is 1.59. The summed E-state index contributed by atoms with van der Waals surface area (Å²) in [6, 6.07) is 4.71. The third kappa shape index (κ3) is 2.95. The van der Waals surface area contributed by atoms with Gasteiger partial charge in [0, 0.05) is 10.0 Å². The van der Waals surface area contributed by atoms with Crippen molar-refractivity contribution in [3.05, 3.63) is 42.7 Å². The highest BCUT2D eigenvalue weighted by molar-refractivity contribution is 9.11. The van der Waals surface area contributed by atoms with Crippen LogP contribution in [-0.2, 0) is 17.9 Å². The first kappa shape index (κ1) is 17.2. The predicted octanol–water partition coefficient (Wildman–Crippen LogP) is 4.10. The van der Waals surface area contributed by atoms with Crippen LogP contribution in [0.1, 0.15) is 23.4 Å². The first-order chi connectivity index (χ1) is 11.9. The predicted molar refractivity (Wildman–Crippen MR) is 97.5 cm³/mol. The van der Waals surface area contributed by atoms with Crippen molar-refractivity contribution in [1.29, 1.82) is 0 Å². The molecule has 0 atom stereocenters. The standard InChI is InChI=1S/C15H11BrCl2N4O2S/c16-13-20-19-11(25-13)7-22-14(24)21(12(23)15(22)3-4-15)6-8-1-2-9(17)5-10(8)18/h1-2,5H,3-4,6-7H2. The number of carbonyl (C=O) groups is 2. The second kappa shape index (κ2) is 6.19. The second-order valence-corrected chi connectivity index (χ2v) is 9.16. The van der Waals surface area contributed by atoms with Crippen LogP contribution >= 0.6 is 50.5 Å². The molecule has 1 spiro atoms. The fraction of sp³-hybridized carbons (Fsp3) is 0.333. The molecule has 10 heteroatoms. The summed E-state index contributed by atoms with van der Waals surface area (Å²) in [6.07, 6.45) is 1.34. The molecule has 1 saturated carbocycles. The Morgan fingerprint density at radius 1 is 1.20 bits per heavy atom. The van der Waals surface area contributed by atoms with Gasteiger partial charge in [-0.25, -0.2) is 4.79 Å². The molecule has 1 saturated heterocycles. The maximum atomic E-state index is 12.9. The molecule has 2 aromatic rings. The second-order valence-electron chi connectivity index (χ2n) is 5.98. The Bertz CT molecular complexity index is 886. The van der Waals surface area contributed by atoms with Crippen molar-refractivity contribution in [3.8, 4) is 0 Å². The Morgan fingerprint density at radius 2 is 1.96 bits per heavy atom. The summed E-state index contributed by atoms with van der Waals surface area (Å²) in [4.78, 5) is 28.6. The van der Waals surface area contributed by atoms with Crippen molar-refractivity contribution in [2.45, 2.75) is 31.5 Å². The number of aromatic nitrogens is 2. The maximum Gasteiger partial charge on any atom is 0.328 e. The molecule has 1 aliphatic carbocycles. The summed E-state index contributed by atoms with van der Waals surface area (Å²) in [5, 5.41) is 9.55. The van der Waals surface area contributed by atoms with Gasteiger partial charge < -0.3 is 4.90 Å². The molecule has 130 valence electrons. The molecule has 3 amide bonds. The lowest BCUT2D eigenvalue weighted by Gasteiger charge is -2.19. The van der Waals surface area contributed by atoms with Gasteiger partial charge in [0.1, 0.15) is 10.5 Å². The number of carbonyl (C=O) groups excluding carboxylic acids is 2.